The third-order valence-corrected chi connectivity index (χ3v) is 1.97. The van der Waals surface area contributed by atoms with Crippen molar-refractivity contribution in [2.75, 3.05) is 0 Å². The molecule has 0 saturated carbocycles. The van der Waals surface area contributed by atoms with Gasteiger partial charge in [-0.2, -0.15) is 0 Å². The summed E-state index contributed by atoms with van der Waals surface area (Å²) in [6, 6.07) is 12.3. The number of benzene rings is 1. The van der Waals surface area contributed by atoms with Crippen LogP contribution in [0.15, 0.2) is 42.6 Å². The van der Waals surface area contributed by atoms with Crippen LogP contribution in [0.1, 0.15) is 5.56 Å². The smallest absolute Gasteiger partial charge is 0.0970 e. The highest BCUT2D eigenvalue weighted by atomic mass is 14.6. The highest BCUT2D eigenvalue weighted by Gasteiger charge is 1.95. The molecular weight excluding hydrogens is 158 g/mol. The maximum Gasteiger partial charge on any atom is 0.0970 e. The maximum absolute atomic E-state index is 3.96. The lowest BCUT2D eigenvalue weighted by molar-refractivity contribution is 1.31. The van der Waals surface area contributed by atoms with E-state index >= 15 is 0 Å². The van der Waals surface area contributed by atoms with Crippen LogP contribution in [0.5, 0.6) is 0 Å². The number of aromatic nitrogens is 1. The summed E-state index contributed by atoms with van der Waals surface area (Å²) in [5.41, 5.74) is 3.48. The van der Waals surface area contributed by atoms with Crippen molar-refractivity contribution in [1.29, 1.82) is 0 Å². The summed E-state index contributed by atoms with van der Waals surface area (Å²) in [5.74, 6) is 0. The first-order valence-electron chi connectivity index (χ1n) is 4.26. The molecule has 0 aliphatic heterocycles. The van der Waals surface area contributed by atoms with E-state index in [4.69, 9.17) is 0 Å². The van der Waals surface area contributed by atoms with Crippen molar-refractivity contribution < 1.29 is 0 Å². The molecule has 63 valence electrons. The van der Waals surface area contributed by atoms with Crippen LogP contribution in [0, 0.1) is 13.1 Å². The molecular formula is C12H10N. The van der Waals surface area contributed by atoms with E-state index in [2.05, 4.69) is 42.4 Å². The van der Waals surface area contributed by atoms with Crippen LogP contribution < -0.4 is 0 Å². The van der Waals surface area contributed by atoms with Crippen LogP contribution in [0.25, 0.3) is 11.1 Å². The molecule has 1 aromatic heterocycles. The van der Waals surface area contributed by atoms with Crippen LogP contribution in [-0.2, 0) is 0 Å². The van der Waals surface area contributed by atoms with Crippen LogP contribution in [0.4, 0.5) is 0 Å². The van der Waals surface area contributed by atoms with Gasteiger partial charge >= 0.3 is 0 Å². The standard InChI is InChI=1S/C12H10N/c1-10-4-6-11(7-5-10)12-3-2-8-13-9-12/h2-8H,1H3. The van der Waals surface area contributed by atoms with Crippen molar-refractivity contribution in [2.24, 2.45) is 0 Å². The summed E-state index contributed by atoms with van der Waals surface area (Å²) >= 11 is 0. The molecule has 0 N–H and O–H groups in total. The van der Waals surface area contributed by atoms with Gasteiger partial charge in [0.25, 0.3) is 0 Å². The fourth-order valence-electron chi connectivity index (χ4n) is 1.22. The van der Waals surface area contributed by atoms with Gasteiger partial charge in [-0.25, -0.2) is 0 Å². The Hall–Kier alpha value is -1.63. The topological polar surface area (TPSA) is 12.9 Å². The van der Waals surface area contributed by atoms with Gasteiger partial charge in [-0.3, -0.25) is 4.98 Å². The molecule has 1 heterocycles. The van der Waals surface area contributed by atoms with Gasteiger partial charge in [0.1, 0.15) is 0 Å². The Morgan fingerprint density at radius 1 is 1.08 bits per heavy atom. The Labute approximate surface area is 78.1 Å². The molecule has 2 rings (SSSR count). The molecule has 0 spiro atoms. The highest BCUT2D eigenvalue weighted by molar-refractivity contribution is 5.61. The summed E-state index contributed by atoms with van der Waals surface area (Å²) in [4.78, 5) is 3.96. The molecule has 0 unspecified atom stereocenters. The third-order valence-electron chi connectivity index (χ3n) is 1.97. The quantitative estimate of drug-likeness (QED) is 0.638. The number of nitrogens with zero attached hydrogens (tertiary/aromatic N) is 1. The fraction of sp³-hybridized carbons (Fsp3) is 0.0833. The van der Waals surface area contributed by atoms with E-state index in [1.165, 1.54) is 11.1 Å². The summed E-state index contributed by atoms with van der Waals surface area (Å²) < 4.78 is 0. The molecule has 0 fully saturated rings. The monoisotopic (exact) mass is 168 g/mol. The van der Waals surface area contributed by atoms with Crippen molar-refractivity contribution in [3.63, 3.8) is 0 Å². The van der Waals surface area contributed by atoms with E-state index in [0.29, 0.717) is 0 Å². The average Bonchev–Trinajstić information content (AvgIpc) is 2.20. The van der Waals surface area contributed by atoms with Gasteiger partial charge in [0.05, 0.1) is 6.20 Å². The third kappa shape index (κ3) is 1.75. The Balaban J connectivity index is 2.42. The van der Waals surface area contributed by atoms with E-state index in [1.807, 2.05) is 12.1 Å². The largest absolute Gasteiger partial charge is 0.254 e. The second-order valence-electron chi connectivity index (χ2n) is 3.03. The maximum atomic E-state index is 3.96. The van der Waals surface area contributed by atoms with Gasteiger partial charge in [-0.1, -0.05) is 35.9 Å². The Morgan fingerprint density at radius 3 is 2.46 bits per heavy atom. The van der Waals surface area contributed by atoms with Gasteiger partial charge < -0.3 is 0 Å². The predicted octanol–water partition coefficient (Wildman–Crippen LogP) is 2.86. The SMILES string of the molecule is Cc1ccc(-c2[c]nccc2)cc1. The van der Waals surface area contributed by atoms with Crippen molar-refractivity contribution in [3.8, 4) is 11.1 Å². The van der Waals surface area contributed by atoms with Gasteiger partial charge in [0.2, 0.25) is 0 Å². The second kappa shape index (κ2) is 3.40. The van der Waals surface area contributed by atoms with Gasteiger partial charge in [-0.15, -0.1) is 0 Å². The number of aryl methyl sites for hydroxylation is 1. The molecule has 0 amide bonds. The normalized spacial score (nSPS) is 9.92. The molecule has 0 atom stereocenters. The minimum absolute atomic E-state index is 1.04. The first-order valence-corrected chi connectivity index (χ1v) is 4.26. The number of hydrogen-bond donors (Lipinski definition) is 0. The van der Waals surface area contributed by atoms with Crippen LogP contribution in [0.3, 0.4) is 0 Å². The minimum atomic E-state index is 1.04. The lowest BCUT2D eigenvalue weighted by Crippen LogP contribution is -1.79. The summed E-state index contributed by atoms with van der Waals surface area (Å²) in [6.07, 6.45) is 4.69. The number of hydrogen-bond acceptors (Lipinski definition) is 1. The molecule has 0 aliphatic carbocycles. The Bertz CT molecular complexity index is 376. The zero-order valence-corrected chi connectivity index (χ0v) is 7.49. The van der Waals surface area contributed by atoms with Crippen LogP contribution >= 0.6 is 0 Å². The zero-order valence-electron chi connectivity index (χ0n) is 7.49. The molecule has 0 bridgehead atoms. The second-order valence-corrected chi connectivity index (χ2v) is 3.03. The first-order chi connectivity index (χ1) is 6.36. The molecule has 1 heteroatoms. The van der Waals surface area contributed by atoms with Gasteiger partial charge in [0, 0.05) is 11.8 Å². The summed E-state index contributed by atoms with van der Waals surface area (Å²) in [5, 5.41) is 0. The Morgan fingerprint density at radius 2 is 1.85 bits per heavy atom. The predicted molar refractivity (Wildman–Crippen MR) is 53.2 cm³/mol. The molecule has 1 aromatic carbocycles. The Kier molecular flexibility index (Phi) is 2.09. The van der Waals surface area contributed by atoms with Gasteiger partial charge in [-0.05, 0) is 18.6 Å². The molecule has 2 aromatic rings. The molecule has 13 heavy (non-hydrogen) atoms. The highest BCUT2D eigenvalue weighted by Crippen LogP contribution is 2.17. The summed E-state index contributed by atoms with van der Waals surface area (Å²) in [7, 11) is 0. The molecule has 0 saturated heterocycles. The lowest BCUT2D eigenvalue weighted by atomic mass is 10.1. The lowest BCUT2D eigenvalue weighted by Gasteiger charge is -1.99. The van der Waals surface area contributed by atoms with E-state index in [9.17, 15) is 0 Å². The number of rotatable bonds is 1. The van der Waals surface area contributed by atoms with Crippen LogP contribution in [0.2, 0.25) is 0 Å². The van der Waals surface area contributed by atoms with E-state index in [0.717, 1.165) is 5.56 Å². The van der Waals surface area contributed by atoms with Gasteiger partial charge in [0.15, 0.2) is 0 Å². The fourth-order valence-corrected chi connectivity index (χ4v) is 1.22. The first kappa shape index (κ1) is 7.99. The van der Waals surface area contributed by atoms with Crippen molar-refractivity contribution in [2.45, 2.75) is 6.92 Å². The van der Waals surface area contributed by atoms with Crippen LogP contribution in [-0.4, -0.2) is 4.98 Å². The molecule has 1 nitrogen and oxygen atoms in total. The van der Waals surface area contributed by atoms with E-state index < -0.39 is 0 Å². The molecule has 0 aliphatic rings. The minimum Gasteiger partial charge on any atom is -0.254 e. The van der Waals surface area contributed by atoms with E-state index in [-0.39, 0.29) is 0 Å². The van der Waals surface area contributed by atoms with Crippen molar-refractivity contribution in [1.82, 2.24) is 4.98 Å². The molecule has 1 radical (unpaired) electrons. The summed E-state index contributed by atoms with van der Waals surface area (Å²) in [6.45, 7) is 2.08. The van der Waals surface area contributed by atoms with Crippen molar-refractivity contribution in [3.05, 3.63) is 54.4 Å². The number of pyridine rings is 1. The zero-order chi connectivity index (χ0) is 9.10. The van der Waals surface area contributed by atoms with Crippen molar-refractivity contribution >= 4 is 0 Å². The van der Waals surface area contributed by atoms with E-state index in [1.54, 1.807) is 6.20 Å². The average molecular weight is 168 g/mol.